The highest BCUT2D eigenvalue weighted by atomic mass is 79.9. The zero-order valence-electron chi connectivity index (χ0n) is 10.4. The minimum Gasteiger partial charge on any atom is -0.339 e. The van der Waals surface area contributed by atoms with E-state index in [0.717, 1.165) is 22.9 Å². The Bertz CT molecular complexity index is 571. The summed E-state index contributed by atoms with van der Waals surface area (Å²) in [6.45, 7) is 0.681. The maximum absolute atomic E-state index is 5.79. The Hall–Kier alpha value is -1.27. The summed E-state index contributed by atoms with van der Waals surface area (Å²) in [6, 6.07) is 1.93. The fourth-order valence-electron chi connectivity index (χ4n) is 2.68. The fraction of sp³-hybridized carbons (Fsp3) is 0.462. The third-order valence-electron chi connectivity index (χ3n) is 3.68. The van der Waals surface area contributed by atoms with Crippen molar-refractivity contribution >= 4 is 15.9 Å². The van der Waals surface area contributed by atoms with E-state index >= 15 is 0 Å². The van der Waals surface area contributed by atoms with Gasteiger partial charge in [-0.1, -0.05) is 11.6 Å². The molecule has 0 aromatic carbocycles. The molecule has 19 heavy (non-hydrogen) atoms. The van der Waals surface area contributed by atoms with Crippen molar-refractivity contribution in [3.05, 3.63) is 28.8 Å². The maximum Gasteiger partial charge on any atom is 0.230 e. The second-order valence-corrected chi connectivity index (χ2v) is 5.80. The van der Waals surface area contributed by atoms with E-state index < -0.39 is 0 Å². The van der Waals surface area contributed by atoms with E-state index in [1.807, 2.05) is 6.07 Å². The molecule has 0 radical (unpaired) electrons. The molecule has 3 rings (SSSR count). The van der Waals surface area contributed by atoms with Crippen LogP contribution >= 0.6 is 15.9 Å². The molecule has 6 heteroatoms. The Morgan fingerprint density at radius 1 is 1.37 bits per heavy atom. The highest BCUT2D eigenvalue weighted by Gasteiger charge is 2.32. The van der Waals surface area contributed by atoms with Crippen LogP contribution in [0, 0.1) is 5.92 Å². The third kappa shape index (κ3) is 2.55. The number of hydrogen-bond acceptors (Lipinski definition) is 5. The van der Waals surface area contributed by atoms with Crippen molar-refractivity contribution < 1.29 is 4.52 Å². The standard InChI is InChI=1S/C13H15BrN4O/c14-10-4-9(6-16-7-10)12-17-13(19-18-12)11-3-1-2-8(11)5-15/h4,6-8,11H,1-3,5,15H2. The highest BCUT2D eigenvalue weighted by Crippen LogP contribution is 2.38. The van der Waals surface area contributed by atoms with Crippen molar-refractivity contribution in [2.75, 3.05) is 6.54 Å². The van der Waals surface area contributed by atoms with Gasteiger partial charge in [-0.25, -0.2) is 0 Å². The molecule has 0 aliphatic heterocycles. The Labute approximate surface area is 119 Å². The Morgan fingerprint density at radius 3 is 3.05 bits per heavy atom. The fourth-order valence-corrected chi connectivity index (χ4v) is 3.05. The van der Waals surface area contributed by atoms with Gasteiger partial charge in [-0.15, -0.1) is 0 Å². The van der Waals surface area contributed by atoms with Crippen LogP contribution in [-0.4, -0.2) is 21.7 Å². The van der Waals surface area contributed by atoms with Gasteiger partial charge in [0.1, 0.15) is 0 Å². The monoisotopic (exact) mass is 322 g/mol. The van der Waals surface area contributed by atoms with Gasteiger partial charge in [-0.05, 0) is 47.3 Å². The van der Waals surface area contributed by atoms with Crippen LogP contribution in [0.2, 0.25) is 0 Å². The number of nitrogens with zero attached hydrogens (tertiary/aromatic N) is 3. The first-order chi connectivity index (χ1) is 9.28. The number of nitrogens with two attached hydrogens (primary N) is 1. The van der Waals surface area contributed by atoms with Crippen molar-refractivity contribution in [3.8, 4) is 11.4 Å². The van der Waals surface area contributed by atoms with Crippen molar-refractivity contribution in [3.63, 3.8) is 0 Å². The van der Waals surface area contributed by atoms with Crippen LogP contribution in [0.25, 0.3) is 11.4 Å². The van der Waals surface area contributed by atoms with Gasteiger partial charge in [0.05, 0.1) is 0 Å². The Morgan fingerprint density at radius 2 is 2.26 bits per heavy atom. The number of halogens is 1. The zero-order valence-corrected chi connectivity index (χ0v) is 12.0. The molecular formula is C13H15BrN4O. The average molecular weight is 323 g/mol. The van der Waals surface area contributed by atoms with Crippen LogP contribution in [0.3, 0.4) is 0 Å². The minimum atomic E-state index is 0.311. The molecular weight excluding hydrogens is 308 g/mol. The third-order valence-corrected chi connectivity index (χ3v) is 4.12. The summed E-state index contributed by atoms with van der Waals surface area (Å²) in [7, 11) is 0. The van der Waals surface area contributed by atoms with E-state index in [1.165, 1.54) is 6.42 Å². The smallest absolute Gasteiger partial charge is 0.230 e. The predicted molar refractivity (Wildman–Crippen MR) is 74.4 cm³/mol. The molecule has 2 unspecified atom stereocenters. The zero-order chi connectivity index (χ0) is 13.2. The van der Waals surface area contributed by atoms with Crippen molar-refractivity contribution in [2.24, 2.45) is 11.7 Å². The Balaban J connectivity index is 1.87. The van der Waals surface area contributed by atoms with Crippen molar-refractivity contribution in [2.45, 2.75) is 25.2 Å². The van der Waals surface area contributed by atoms with Crippen LogP contribution in [0.15, 0.2) is 27.5 Å². The van der Waals surface area contributed by atoms with Crippen molar-refractivity contribution in [1.29, 1.82) is 0 Å². The lowest BCUT2D eigenvalue weighted by atomic mass is 9.96. The molecule has 1 fully saturated rings. The lowest BCUT2D eigenvalue weighted by molar-refractivity contribution is 0.326. The molecule has 2 aromatic heterocycles. The quantitative estimate of drug-likeness (QED) is 0.940. The number of aromatic nitrogens is 3. The summed E-state index contributed by atoms with van der Waals surface area (Å²) >= 11 is 3.39. The molecule has 0 spiro atoms. The summed E-state index contributed by atoms with van der Waals surface area (Å²) in [5.74, 6) is 2.08. The molecule has 2 aromatic rings. The molecule has 1 aliphatic carbocycles. The lowest BCUT2D eigenvalue weighted by Gasteiger charge is -2.12. The van der Waals surface area contributed by atoms with Crippen LogP contribution < -0.4 is 5.73 Å². The number of hydrogen-bond donors (Lipinski definition) is 1. The highest BCUT2D eigenvalue weighted by molar-refractivity contribution is 9.10. The van der Waals surface area contributed by atoms with Crippen molar-refractivity contribution in [1.82, 2.24) is 15.1 Å². The minimum absolute atomic E-state index is 0.311. The van der Waals surface area contributed by atoms with E-state index in [9.17, 15) is 0 Å². The largest absolute Gasteiger partial charge is 0.339 e. The molecule has 1 aliphatic rings. The first-order valence-electron chi connectivity index (χ1n) is 6.42. The topological polar surface area (TPSA) is 77.8 Å². The molecule has 2 heterocycles. The summed E-state index contributed by atoms with van der Waals surface area (Å²) in [4.78, 5) is 8.62. The SMILES string of the molecule is NCC1CCCC1c1nc(-c2cncc(Br)c2)no1. The van der Waals surface area contributed by atoms with Gasteiger partial charge < -0.3 is 10.3 Å². The normalized spacial score (nSPS) is 22.8. The van der Waals surface area contributed by atoms with Gasteiger partial charge in [0.2, 0.25) is 11.7 Å². The predicted octanol–water partition coefficient (Wildman–Crippen LogP) is 2.74. The molecule has 0 bridgehead atoms. The van der Waals surface area contributed by atoms with Crippen LogP contribution in [0.4, 0.5) is 0 Å². The average Bonchev–Trinajstić information content (AvgIpc) is 3.07. The van der Waals surface area contributed by atoms with E-state index in [1.54, 1.807) is 12.4 Å². The molecule has 100 valence electrons. The van der Waals surface area contributed by atoms with Gasteiger partial charge in [0.25, 0.3) is 0 Å². The summed E-state index contributed by atoms with van der Waals surface area (Å²) in [6.07, 6.45) is 6.88. The number of pyridine rings is 1. The van der Waals surface area contributed by atoms with Gasteiger partial charge in [0, 0.05) is 28.3 Å². The summed E-state index contributed by atoms with van der Waals surface area (Å²) in [5, 5.41) is 4.05. The molecule has 2 atom stereocenters. The first kappa shape index (κ1) is 12.7. The van der Waals surface area contributed by atoms with E-state index in [-0.39, 0.29) is 0 Å². The molecule has 1 saturated carbocycles. The summed E-state index contributed by atoms with van der Waals surface area (Å²) < 4.78 is 6.32. The molecule has 2 N–H and O–H groups in total. The molecule has 0 saturated heterocycles. The maximum atomic E-state index is 5.79. The second kappa shape index (κ2) is 5.38. The second-order valence-electron chi connectivity index (χ2n) is 4.88. The molecule has 0 amide bonds. The van der Waals surface area contributed by atoms with E-state index in [4.69, 9.17) is 10.3 Å². The van der Waals surface area contributed by atoms with E-state index in [0.29, 0.717) is 30.1 Å². The van der Waals surface area contributed by atoms with Crippen LogP contribution in [-0.2, 0) is 0 Å². The van der Waals surface area contributed by atoms with Crippen LogP contribution in [0.1, 0.15) is 31.1 Å². The lowest BCUT2D eigenvalue weighted by Crippen LogP contribution is -2.17. The molecule has 5 nitrogen and oxygen atoms in total. The number of rotatable bonds is 3. The van der Waals surface area contributed by atoms with Gasteiger partial charge >= 0.3 is 0 Å². The van der Waals surface area contributed by atoms with Gasteiger partial charge in [-0.3, -0.25) is 4.98 Å². The Kier molecular flexibility index (Phi) is 3.61. The van der Waals surface area contributed by atoms with Gasteiger partial charge in [0.15, 0.2) is 0 Å². The first-order valence-corrected chi connectivity index (χ1v) is 7.22. The summed E-state index contributed by atoms with van der Waals surface area (Å²) in [5.41, 5.74) is 6.65. The van der Waals surface area contributed by atoms with Gasteiger partial charge in [-0.2, -0.15) is 4.98 Å². The van der Waals surface area contributed by atoms with Crippen LogP contribution in [0.5, 0.6) is 0 Å². The van der Waals surface area contributed by atoms with E-state index in [2.05, 4.69) is 31.1 Å².